The maximum atomic E-state index is 11.9. The highest BCUT2D eigenvalue weighted by atomic mass is 32.2. The Balaban J connectivity index is 2.82. The smallest absolute Gasteiger partial charge is 0.241 e. The summed E-state index contributed by atoms with van der Waals surface area (Å²) in [6.45, 7) is 5.31. The highest BCUT2D eigenvalue weighted by Gasteiger charge is 2.16. The fraction of sp³-hybridized carbons (Fsp3) is 0.462. The molecule has 7 heteroatoms. The monoisotopic (exact) mass is 299 g/mol. The molecule has 0 saturated carbocycles. The minimum Gasteiger partial charge on any atom is -0.325 e. The predicted octanol–water partition coefficient (Wildman–Crippen LogP) is 1.05. The standard InChI is InChI=1S/C13H21N3O3S/c1-4-12(14)13(17)15-10-5-7-11(8-6-10)20(18,19)16-9(2)3/h5-9,12,16H,4,14H2,1-3H3,(H,15,17)/t12-/m0/s1. The normalized spacial score (nSPS) is 13.2. The van der Waals surface area contributed by atoms with Gasteiger partial charge in [0.15, 0.2) is 0 Å². The number of nitrogens with two attached hydrogens (primary N) is 1. The molecule has 1 aromatic rings. The Morgan fingerprint density at radius 3 is 2.25 bits per heavy atom. The van der Waals surface area contributed by atoms with Gasteiger partial charge in [0.05, 0.1) is 10.9 Å². The zero-order chi connectivity index (χ0) is 15.3. The van der Waals surface area contributed by atoms with E-state index in [1.54, 1.807) is 13.8 Å². The van der Waals surface area contributed by atoms with Gasteiger partial charge in [-0.25, -0.2) is 13.1 Å². The summed E-state index contributed by atoms with van der Waals surface area (Å²) in [7, 11) is -3.51. The fourth-order valence-corrected chi connectivity index (χ4v) is 2.77. The van der Waals surface area contributed by atoms with Crippen LogP contribution in [0.1, 0.15) is 27.2 Å². The van der Waals surface area contributed by atoms with Crippen LogP contribution in [0.2, 0.25) is 0 Å². The first-order valence-electron chi connectivity index (χ1n) is 6.45. The second-order valence-corrected chi connectivity index (χ2v) is 6.52. The Hall–Kier alpha value is -1.44. The summed E-state index contributed by atoms with van der Waals surface area (Å²) >= 11 is 0. The number of sulfonamides is 1. The summed E-state index contributed by atoms with van der Waals surface area (Å²) in [6, 6.07) is 5.21. The number of nitrogens with one attached hydrogen (secondary N) is 2. The minimum absolute atomic E-state index is 0.156. The molecule has 112 valence electrons. The van der Waals surface area contributed by atoms with Crippen molar-refractivity contribution in [3.05, 3.63) is 24.3 Å². The lowest BCUT2D eigenvalue weighted by Gasteiger charge is -2.12. The first-order chi connectivity index (χ1) is 9.26. The first kappa shape index (κ1) is 16.6. The van der Waals surface area contributed by atoms with E-state index >= 15 is 0 Å². The molecule has 6 nitrogen and oxygen atoms in total. The lowest BCUT2D eigenvalue weighted by Crippen LogP contribution is -2.34. The van der Waals surface area contributed by atoms with E-state index in [1.165, 1.54) is 24.3 Å². The highest BCUT2D eigenvalue weighted by Crippen LogP contribution is 2.14. The number of carbonyl (C=O) groups excluding carboxylic acids is 1. The van der Waals surface area contributed by atoms with Gasteiger partial charge in [0, 0.05) is 11.7 Å². The highest BCUT2D eigenvalue weighted by molar-refractivity contribution is 7.89. The Labute approximate surface area is 119 Å². The van der Waals surface area contributed by atoms with Crippen LogP contribution in [0.15, 0.2) is 29.2 Å². The average Bonchev–Trinajstić information content (AvgIpc) is 2.36. The van der Waals surface area contributed by atoms with E-state index in [-0.39, 0.29) is 16.8 Å². The van der Waals surface area contributed by atoms with Crippen LogP contribution in [0, 0.1) is 0 Å². The SMILES string of the molecule is CC[C@H](N)C(=O)Nc1ccc(S(=O)(=O)NC(C)C)cc1. The van der Waals surface area contributed by atoms with E-state index in [4.69, 9.17) is 5.73 Å². The van der Waals surface area contributed by atoms with Gasteiger partial charge in [0.2, 0.25) is 15.9 Å². The molecule has 0 aliphatic rings. The van der Waals surface area contributed by atoms with Crippen molar-refractivity contribution in [3.8, 4) is 0 Å². The Bertz CT molecular complexity index is 553. The Morgan fingerprint density at radius 2 is 1.80 bits per heavy atom. The van der Waals surface area contributed by atoms with Gasteiger partial charge in [-0.05, 0) is 44.5 Å². The zero-order valence-electron chi connectivity index (χ0n) is 11.9. The van der Waals surface area contributed by atoms with Gasteiger partial charge < -0.3 is 11.1 Å². The quantitative estimate of drug-likeness (QED) is 0.730. The minimum atomic E-state index is -3.51. The average molecular weight is 299 g/mol. The van der Waals surface area contributed by atoms with Crippen LogP contribution in [0.25, 0.3) is 0 Å². The van der Waals surface area contributed by atoms with Crippen molar-refractivity contribution in [1.82, 2.24) is 4.72 Å². The molecule has 0 spiro atoms. The second kappa shape index (κ2) is 6.83. The van der Waals surface area contributed by atoms with Crippen LogP contribution in [0.4, 0.5) is 5.69 Å². The maximum Gasteiger partial charge on any atom is 0.241 e. The van der Waals surface area contributed by atoms with E-state index in [0.717, 1.165) is 0 Å². The van der Waals surface area contributed by atoms with E-state index in [0.29, 0.717) is 12.1 Å². The van der Waals surface area contributed by atoms with Gasteiger partial charge in [-0.1, -0.05) is 6.92 Å². The molecule has 0 aliphatic carbocycles. The number of rotatable bonds is 6. The summed E-state index contributed by atoms with van der Waals surface area (Å²) < 4.78 is 26.3. The van der Waals surface area contributed by atoms with Gasteiger partial charge in [0.25, 0.3) is 0 Å². The maximum absolute atomic E-state index is 11.9. The topological polar surface area (TPSA) is 101 Å². The predicted molar refractivity (Wildman–Crippen MR) is 78.8 cm³/mol. The van der Waals surface area contributed by atoms with Crippen molar-refractivity contribution in [3.63, 3.8) is 0 Å². The molecule has 1 amide bonds. The van der Waals surface area contributed by atoms with Gasteiger partial charge in [-0.2, -0.15) is 0 Å². The molecule has 1 aromatic carbocycles. The van der Waals surface area contributed by atoms with Crippen LogP contribution < -0.4 is 15.8 Å². The van der Waals surface area contributed by atoms with E-state index in [9.17, 15) is 13.2 Å². The summed E-state index contributed by atoms with van der Waals surface area (Å²) in [4.78, 5) is 11.8. The van der Waals surface area contributed by atoms with Crippen molar-refractivity contribution in [2.45, 2.75) is 44.2 Å². The van der Waals surface area contributed by atoms with Crippen molar-refractivity contribution < 1.29 is 13.2 Å². The molecule has 20 heavy (non-hydrogen) atoms. The van der Waals surface area contributed by atoms with Crippen LogP contribution >= 0.6 is 0 Å². The van der Waals surface area contributed by atoms with Crippen molar-refractivity contribution in [2.75, 3.05) is 5.32 Å². The van der Waals surface area contributed by atoms with Crippen molar-refractivity contribution in [1.29, 1.82) is 0 Å². The van der Waals surface area contributed by atoms with Gasteiger partial charge in [-0.15, -0.1) is 0 Å². The van der Waals surface area contributed by atoms with Gasteiger partial charge in [0.1, 0.15) is 0 Å². The molecule has 0 bridgehead atoms. The molecule has 0 unspecified atom stereocenters. The summed E-state index contributed by atoms with van der Waals surface area (Å²) in [5, 5.41) is 2.63. The molecule has 0 saturated heterocycles. The molecule has 0 fully saturated rings. The molecule has 0 aromatic heterocycles. The third kappa shape index (κ3) is 4.59. The van der Waals surface area contributed by atoms with Crippen LogP contribution in [0.5, 0.6) is 0 Å². The van der Waals surface area contributed by atoms with E-state index in [1.807, 2.05) is 6.92 Å². The van der Waals surface area contributed by atoms with Gasteiger partial charge >= 0.3 is 0 Å². The van der Waals surface area contributed by atoms with Crippen molar-refractivity contribution in [2.24, 2.45) is 5.73 Å². The number of amides is 1. The third-order valence-corrected chi connectivity index (χ3v) is 4.27. The largest absolute Gasteiger partial charge is 0.325 e. The lowest BCUT2D eigenvalue weighted by molar-refractivity contribution is -0.117. The zero-order valence-corrected chi connectivity index (χ0v) is 12.7. The van der Waals surface area contributed by atoms with Gasteiger partial charge in [-0.3, -0.25) is 4.79 Å². The molecular formula is C13H21N3O3S. The lowest BCUT2D eigenvalue weighted by atomic mass is 10.2. The Kier molecular flexibility index (Phi) is 5.67. The first-order valence-corrected chi connectivity index (χ1v) is 7.93. The van der Waals surface area contributed by atoms with Crippen LogP contribution in [0.3, 0.4) is 0 Å². The van der Waals surface area contributed by atoms with Crippen molar-refractivity contribution >= 4 is 21.6 Å². The van der Waals surface area contributed by atoms with E-state index < -0.39 is 16.1 Å². The molecule has 0 aliphatic heterocycles. The number of anilines is 1. The molecular weight excluding hydrogens is 278 g/mol. The molecule has 0 radical (unpaired) electrons. The number of carbonyl (C=O) groups is 1. The summed E-state index contributed by atoms with van der Waals surface area (Å²) in [6.07, 6.45) is 0.538. The Morgan fingerprint density at radius 1 is 1.25 bits per heavy atom. The molecule has 1 atom stereocenters. The summed E-state index contributed by atoms with van der Waals surface area (Å²) in [5.41, 5.74) is 6.12. The molecule has 4 N–H and O–H groups in total. The van der Waals surface area contributed by atoms with E-state index in [2.05, 4.69) is 10.0 Å². The fourth-order valence-electron chi connectivity index (χ4n) is 1.52. The number of hydrogen-bond acceptors (Lipinski definition) is 4. The molecule has 0 heterocycles. The van der Waals surface area contributed by atoms with Crippen LogP contribution in [-0.2, 0) is 14.8 Å². The second-order valence-electron chi connectivity index (χ2n) is 4.80. The molecule has 1 rings (SSSR count). The summed E-state index contributed by atoms with van der Waals surface area (Å²) in [5.74, 6) is -0.289. The number of benzene rings is 1. The third-order valence-electron chi connectivity index (χ3n) is 2.60. The van der Waals surface area contributed by atoms with Crippen LogP contribution in [-0.4, -0.2) is 26.4 Å². The number of hydrogen-bond donors (Lipinski definition) is 3.